The molecule has 1 aliphatic heterocycles. The number of rotatable bonds is 5. The number of hydrogen-bond donors (Lipinski definition) is 0. The minimum atomic E-state index is 0. The third-order valence-electron chi connectivity index (χ3n) is 4.96. The first kappa shape index (κ1) is 20.3. The number of benzene rings is 2. The number of anilines is 3. The third-order valence-corrected chi connectivity index (χ3v) is 4.96. The Labute approximate surface area is 191 Å². The van der Waals surface area contributed by atoms with E-state index in [0.29, 0.717) is 0 Å². The Bertz CT molecular complexity index is 1140. The molecule has 0 aliphatic carbocycles. The predicted octanol–water partition coefficient (Wildman–Crippen LogP) is 5.52. The summed E-state index contributed by atoms with van der Waals surface area (Å²) in [6.45, 7) is 0.909. The number of pyridine rings is 1. The topological polar surface area (TPSA) is 33.4 Å². The summed E-state index contributed by atoms with van der Waals surface area (Å²) in [6, 6.07) is 29.9. The van der Waals surface area contributed by atoms with Crippen LogP contribution in [0.2, 0.25) is 0 Å². The van der Waals surface area contributed by atoms with E-state index in [2.05, 4.69) is 52.5 Å². The number of aromatic nitrogens is 2. The van der Waals surface area contributed by atoms with Gasteiger partial charge in [-0.3, -0.25) is 4.98 Å². The van der Waals surface area contributed by atoms with E-state index in [1.807, 2.05) is 59.3 Å². The van der Waals surface area contributed by atoms with Crippen LogP contribution in [0, 0.1) is 12.3 Å². The fraction of sp³-hybridized carbons (Fsp3) is 0.120. The second-order valence-corrected chi connectivity index (χ2v) is 6.91. The maximum atomic E-state index is 4.90. The van der Waals surface area contributed by atoms with E-state index < -0.39 is 0 Å². The number of nitrogens with zero attached hydrogens (tertiary/aromatic N) is 4. The smallest absolute Gasteiger partial charge is 0.436 e. The fourth-order valence-electron chi connectivity index (χ4n) is 3.60. The van der Waals surface area contributed by atoms with Gasteiger partial charge in [-0.1, -0.05) is 36.5 Å². The molecule has 0 radical (unpaired) electrons. The standard InChI is InChI=1S/C25H20N4.Pt/c1-2-10-21(11-3-1)29(22-12-6-9-20(19-22)23-13-8-16-26-23)25-15-7-14-24(27-25)28-17-4-5-18-28;/h1-7,9-12,14-15,17H,8,13,16H2;/q-2;+2. The van der Waals surface area contributed by atoms with Gasteiger partial charge in [0.1, 0.15) is 5.82 Å². The third kappa shape index (κ3) is 4.15. The summed E-state index contributed by atoms with van der Waals surface area (Å²) >= 11 is 0. The largest absolute Gasteiger partial charge is 2.00 e. The fourth-order valence-corrected chi connectivity index (χ4v) is 3.60. The van der Waals surface area contributed by atoms with Crippen molar-refractivity contribution in [2.75, 3.05) is 11.4 Å². The molecule has 4 nitrogen and oxygen atoms in total. The SMILES string of the molecule is [Pt+2].[c-]1c(C2=NCCC2)cccc1N(c1ccccc1)c1cccc(-n2[c-]ccc2)n1. The molecule has 2 aromatic heterocycles. The molecule has 0 fully saturated rings. The van der Waals surface area contributed by atoms with Gasteiger partial charge in [-0.15, -0.1) is 42.1 Å². The first-order valence-corrected chi connectivity index (χ1v) is 9.82. The minimum absolute atomic E-state index is 0. The van der Waals surface area contributed by atoms with Gasteiger partial charge in [0.25, 0.3) is 0 Å². The first-order chi connectivity index (χ1) is 14.4. The van der Waals surface area contributed by atoms with Crippen molar-refractivity contribution in [3.05, 3.63) is 103 Å². The average Bonchev–Trinajstić information content (AvgIpc) is 3.50. The van der Waals surface area contributed by atoms with Crippen molar-refractivity contribution in [2.45, 2.75) is 12.8 Å². The van der Waals surface area contributed by atoms with Crippen molar-refractivity contribution in [1.82, 2.24) is 9.55 Å². The van der Waals surface area contributed by atoms with Crippen LogP contribution < -0.4 is 4.90 Å². The minimum Gasteiger partial charge on any atom is -0.436 e. The predicted molar refractivity (Wildman–Crippen MR) is 117 cm³/mol. The Morgan fingerprint density at radius 1 is 0.900 bits per heavy atom. The van der Waals surface area contributed by atoms with E-state index in [1.54, 1.807) is 0 Å². The summed E-state index contributed by atoms with van der Waals surface area (Å²) < 4.78 is 1.89. The zero-order valence-corrected chi connectivity index (χ0v) is 18.6. The monoisotopic (exact) mass is 571 g/mol. The van der Waals surface area contributed by atoms with Crippen LogP contribution in [0.4, 0.5) is 17.2 Å². The Morgan fingerprint density at radius 2 is 1.77 bits per heavy atom. The second-order valence-electron chi connectivity index (χ2n) is 6.91. The van der Waals surface area contributed by atoms with E-state index >= 15 is 0 Å². The van der Waals surface area contributed by atoms with E-state index in [0.717, 1.165) is 53.7 Å². The zero-order chi connectivity index (χ0) is 19.5. The molecular formula is C25H20N4Pt. The van der Waals surface area contributed by atoms with Crippen LogP contribution in [0.15, 0.2) is 90.1 Å². The second kappa shape index (κ2) is 9.23. The molecule has 0 saturated heterocycles. The normalized spacial score (nSPS) is 12.9. The van der Waals surface area contributed by atoms with Crippen LogP contribution in [0.25, 0.3) is 5.82 Å². The summed E-state index contributed by atoms with van der Waals surface area (Å²) in [7, 11) is 0. The molecule has 30 heavy (non-hydrogen) atoms. The van der Waals surface area contributed by atoms with Gasteiger partial charge in [0.15, 0.2) is 0 Å². The van der Waals surface area contributed by atoms with Gasteiger partial charge >= 0.3 is 21.1 Å². The molecule has 150 valence electrons. The first-order valence-electron chi connectivity index (χ1n) is 9.82. The Morgan fingerprint density at radius 3 is 2.53 bits per heavy atom. The Hall–Kier alpha value is -2.97. The van der Waals surface area contributed by atoms with Crippen molar-refractivity contribution >= 4 is 22.9 Å². The summed E-state index contributed by atoms with van der Waals surface area (Å²) in [5, 5.41) is 0. The molecule has 0 atom stereocenters. The Balaban J connectivity index is 0.00000218. The molecule has 0 amide bonds. The summed E-state index contributed by atoms with van der Waals surface area (Å²) in [4.78, 5) is 11.7. The van der Waals surface area contributed by atoms with Gasteiger partial charge < -0.3 is 14.5 Å². The summed E-state index contributed by atoms with van der Waals surface area (Å²) in [5.41, 5.74) is 4.19. The van der Waals surface area contributed by atoms with Crippen LogP contribution >= 0.6 is 0 Å². The van der Waals surface area contributed by atoms with Crippen molar-refractivity contribution < 1.29 is 21.1 Å². The summed E-state index contributed by atoms with van der Waals surface area (Å²) in [6.07, 6.45) is 7.24. The van der Waals surface area contributed by atoms with Gasteiger partial charge in [-0.2, -0.15) is 6.07 Å². The Kier molecular flexibility index (Phi) is 6.25. The van der Waals surface area contributed by atoms with Crippen molar-refractivity contribution in [3.63, 3.8) is 0 Å². The molecule has 0 unspecified atom stereocenters. The summed E-state index contributed by atoms with van der Waals surface area (Å²) in [5.74, 6) is 1.65. The molecule has 3 heterocycles. The molecule has 4 aromatic rings. The van der Waals surface area contributed by atoms with Crippen LogP contribution in [0.1, 0.15) is 18.4 Å². The van der Waals surface area contributed by atoms with Crippen LogP contribution in [-0.2, 0) is 21.1 Å². The van der Waals surface area contributed by atoms with E-state index in [9.17, 15) is 0 Å². The average molecular weight is 572 g/mol. The van der Waals surface area contributed by atoms with Gasteiger partial charge in [0, 0.05) is 12.2 Å². The quantitative estimate of drug-likeness (QED) is 0.296. The van der Waals surface area contributed by atoms with E-state index in [4.69, 9.17) is 4.98 Å². The van der Waals surface area contributed by atoms with Gasteiger partial charge in [0.05, 0.1) is 5.82 Å². The van der Waals surface area contributed by atoms with Crippen LogP contribution in [-0.4, -0.2) is 21.8 Å². The van der Waals surface area contributed by atoms with Crippen molar-refractivity contribution in [1.29, 1.82) is 0 Å². The maximum Gasteiger partial charge on any atom is 2.00 e. The van der Waals surface area contributed by atoms with Crippen LogP contribution in [0.3, 0.4) is 0 Å². The number of aliphatic imine (C=N–C) groups is 1. The van der Waals surface area contributed by atoms with Gasteiger partial charge in [-0.25, -0.2) is 0 Å². The number of para-hydroxylation sites is 1. The molecular weight excluding hydrogens is 551 g/mol. The van der Waals surface area contributed by atoms with Crippen molar-refractivity contribution in [3.8, 4) is 5.82 Å². The molecule has 0 saturated carbocycles. The van der Waals surface area contributed by atoms with Crippen molar-refractivity contribution in [2.24, 2.45) is 4.99 Å². The van der Waals surface area contributed by atoms with Gasteiger partial charge in [-0.05, 0) is 42.4 Å². The van der Waals surface area contributed by atoms with E-state index in [1.165, 1.54) is 0 Å². The molecule has 0 spiro atoms. The van der Waals surface area contributed by atoms with Gasteiger partial charge in [0.2, 0.25) is 0 Å². The zero-order valence-electron chi connectivity index (χ0n) is 16.3. The molecule has 0 bridgehead atoms. The van der Waals surface area contributed by atoms with E-state index in [-0.39, 0.29) is 21.1 Å². The molecule has 2 aromatic carbocycles. The van der Waals surface area contributed by atoms with Crippen LogP contribution in [0.5, 0.6) is 0 Å². The molecule has 0 N–H and O–H groups in total. The number of hydrogen-bond acceptors (Lipinski definition) is 3. The maximum absolute atomic E-state index is 4.90. The molecule has 5 rings (SSSR count). The molecule has 1 aliphatic rings. The molecule has 5 heteroatoms.